The third kappa shape index (κ3) is 6.63. The molecule has 0 heterocycles. The Bertz CT molecular complexity index is 5340. The maximum Gasteiger partial charge on any atom is -0.00199 e. The van der Waals surface area contributed by atoms with Gasteiger partial charge < -0.3 is 0 Å². The normalized spacial score (nSPS) is 12.0. The molecule has 368 valence electrons. The molecule has 17 aromatic rings. The molecule has 0 aliphatic rings. The van der Waals surface area contributed by atoms with E-state index in [1.165, 1.54) is 174 Å². The molecule has 0 nitrogen and oxygen atoms in total. The zero-order chi connectivity index (χ0) is 52.4. The predicted molar refractivity (Wildman–Crippen MR) is 346 cm³/mol. The first kappa shape index (κ1) is 44.7. The van der Waals surface area contributed by atoms with Crippen molar-refractivity contribution in [1.82, 2.24) is 0 Å². The lowest BCUT2D eigenvalue weighted by atomic mass is 9.82. The second-order valence-electron chi connectivity index (χ2n) is 21.7. The van der Waals surface area contributed by atoms with Gasteiger partial charge in [0.2, 0.25) is 0 Å². The van der Waals surface area contributed by atoms with Crippen molar-refractivity contribution in [1.29, 1.82) is 0 Å². The summed E-state index contributed by atoms with van der Waals surface area (Å²) in [4.78, 5) is 0. The van der Waals surface area contributed by atoms with Gasteiger partial charge in [0.1, 0.15) is 0 Å². The first-order chi connectivity index (χ1) is 39.7. The van der Waals surface area contributed by atoms with Crippen LogP contribution in [0.25, 0.3) is 174 Å². The molecule has 0 atom stereocenters. The third-order valence-electron chi connectivity index (χ3n) is 17.5. The summed E-state index contributed by atoms with van der Waals surface area (Å²) in [5, 5.41) is 27.8. The van der Waals surface area contributed by atoms with Gasteiger partial charge in [0.25, 0.3) is 0 Å². The highest BCUT2D eigenvalue weighted by atomic mass is 14.3. The minimum absolute atomic E-state index is 1.19. The Hall–Kier alpha value is -10.4. The first-order valence-electron chi connectivity index (χ1n) is 27.9. The van der Waals surface area contributed by atoms with Gasteiger partial charge in [-0.3, -0.25) is 0 Å². The number of fused-ring (bicyclic) bond motifs is 16. The lowest BCUT2D eigenvalue weighted by Gasteiger charge is -2.21. The van der Waals surface area contributed by atoms with Crippen molar-refractivity contribution in [2.75, 3.05) is 0 Å². The van der Waals surface area contributed by atoms with Crippen LogP contribution in [0, 0.1) is 0 Å². The summed E-state index contributed by atoms with van der Waals surface area (Å²) in [5.41, 5.74) is 12.5. The summed E-state index contributed by atoms with van der Waals surface area (Å²) in [6.45, 7) is 0. The molecule has 0 aromatic heterocycles. The molecule has 17 rings (SSSR count). The van der Waals surface area contributed by atoms with Gasteiger partial charge in [0.05, 0.1) is 0 Å². The standard InChI is InChI=1S/C80H48/c1-2-20-50(21-3-1)76-62-30-12-18-36-68(62)80(69-37-19-13-31-63(69)76)75-48-74-59-27-9-7-25-57(59)72-46-54(42-43-70(72)78(74)61-29-11-10-28-60(61)75)49-38-40-51(41-39-49)77-64-32-14-16-34-66(64)79(67-35-17-15-33-65(67)77)73-47-55-44-52-22-4-5-23-53(52)45-71(55)56-24-6-8-26-58(56)73/h1-48H. The molecule has 17 aromatic carbocycles. The highest BCUT2D eigenvalue weighted by Gasteiger charge is 2.23. The highest BCUT2D eigenvalue weighted by Crippen LogP contribution is 2.51. The maximum absolute atomic E-state index is 2.51. The van der Waals surface area contributed by atoms with Crippen molar-refractivity contribution in [3.63, 3.8) is 0 Å². The SMILES string of the molecule is c1ccc(-c2c3ccccc3c(-c3cc4c5ccccc5c5cc(-c6ccc(-c7c8ccccc8c(-c8cc9cc%10ccccc%10cc9c9ccccc89)c8ccccc78)cc6)ccc5c4c4ccccc34)c3ccccc23)cc1. The van der Waals surface area contributed by atoms with Gasteiger partial charge in [-0.05, 0) is 204 Å². The Balaban J connectivity index is 0.831. The average molecular weight is 1010 g/mol. The minimum atomic E-state index is 1.19. The van der Waals surface area contributed by atoms with Crippen LogP contribution in [0.3, 0.4) is 0 Å². The Morgan fingerprint density at radius 2 is 0.487 bits per heavy atom. The molecule has 0 heteroatoms. The summed E-state index contributed by atoms with van der Waals surface area (Å²) < 4.78 is 0. The summed E-state index contributed by atoms with van der Waals surface area (Å²) in [6, 6.07) is 109. The second-order valence-corrected chi connectivity index (χ2v) is 21.7. The van der Waals surface area contributed by atoms with E-state index >= 15 is 0 Å². The summed E-state index contributed by atoms with van der Waals surface area (Å²) in [7, 11) is 0. The van der Waals surface area contributed by atoms with Crippen molar-refractivity contribution < 1.29 is 0 Å². The van der Waals surface area contributed by atoms with Crippen molar-refractivity contribution >= 4 is 118 Å². The van der Waals surface area contributed by atoms with E-state index in [1.807, 2.05) is 0 Å². The number of benzene rings is 17. The van der Waals surface area contributed by atoms with E-state index in [4.69, 9.17) is 0 Å². The summed E-state index contributed by atoms with van der Waals surface area (Å²) in [6.07, 6.45) is 0. The number of hydrogen-bond donors (Lipinski definition) is 0. The quantitative estimate of drug-likeness (QED) is 0.119. The first-order valence-corrected chi connectivity index (χ1v) is 27.9. The van der Waals surface area contributed by atoms with Crippen LogP contribution in [0.2, 0.25) is 0 Å². The molecule has 0 aliphatic heterocycles. The fourth-order valence-electron chi connectivity index (χ4n) is 14.1. The van der Waals surface area contributed by atoms with Crippen LogP contribution in [-0.4, -0.2) is 0 Å². The van der Waals surface area contributed by atoms with Gasteiger partial charge in [-0.2, -0.15) is 0 Å². The van der Waals surface area contributed by atoms with Crippen LogP contribution in [0.5, 0.6) is 0 Å². The Morgan fingerprint density at radius 1 is 0.138 bits per heavy atom. The van der Waals surface area contributed by atoms with Crippen LogP contribution < -0.4 is 0 Å². The molecule has 0 saturated carbocycles. The molecule has 0 aliphatic carbocycles. The molecule has 0 unspecified atom stereocenters. The molecule has 0 radical (unpaired) electrons. The fraction of sp³-hybridized carbons (Fsp3) is 0. The molecule has 0 N–H and O–H groups in total. The molecular weight excluding hydrogens is 961 g/mol. The third-order valence-corrected chi connectivity index (χ3v) is 17.5. The predicted octanol–water partition coefficient (Wildman–Crippen LogP) is 22.7. The lowest BCUT2D eigenvalue weighted by Crippen LogP contribution is -1.93. The van der Waals surface area contributed by atoms with Crippen LogP contribution in [0.1, 0.15) is 0 Å². The molecule has 0 amide bonds. The largest absolute Gasteiger partial charge is 0.0622 e. The zero-order valence-corrected chi connectivity index (χ0v) is 43.7. The van der Waals surface area contributed by atoms with Crippen LogP contribution in [0.15, 0.2) is 291 Å². The van der Waals surface area contributed by atoms with E-state index in [9.17, 15) is 0 Å². The number of rotatable bonds is 5. The van der Waals surface area contributed by atoms with Crippen LogP contribution in [-0.2, 0) is 0 Å². The van der Waals surface area contributed by atoms with E-state index in [0.717, 1.165) is 0 Å². The van der Waals surface area contributed by atoms with E-state index in [-0.39, 0.29) is 0 Å². The van der Waals surface area contributed by atoms with Crippen molar-refractivity contribution in [2.45, 2.75) is 0 Å². The van der Waals surface area contributed by atoms with Crippen LogP contribution >= 0.6 is 0 Å². The number of hydrogen-bond acceptors (Lipinski definition) is 0. The van der Waals surface area contributed by atoms with Crippen molar-refractivity contribution in [3.8, 4) is 55.6 Å². The highest BCUT2D eigenvalue weighted by molar-refractivity contribution is 6.35. The Labute approximate surface area is 462 Å². The summed E-state index contributed by atoms with van der Waals surface area (Å²) in [5.74, 6) is 0. The fourth-order valence-corrected chi connectivity index (χ4v) is 14.1. The zero-order valence-electron chi connectivity index (χ0n) is 43.7. The second kappa shape index (κ2) is 17.6. The minimum Gasteiger partial charge on any atom is -0.0622 e. The van der Waals surface area contributed by atoms with Crippen LogP contribution in [0.4, 0.5) is 0 Å². The van der Waals surface area contributed by atoms with E-state index in [0.29, 0.717) is 0 Å². The van der Waals surface area contributed by atoms with E-state index in [1.54, 1.807) is 0 Å². The van der Waals surface area contributed by atoms with Crippen molar-refractivity contribution in [2.24, 2.45) is 0 Å². The Kier molecular flexibility index (Phi) is 9.81. The monoisotopic (exact) mass is 1010 g/mol. The molecule has 0 saturated heterocycles. The molecule has 80 heavy (non-hydrogen) atoms. The van der Waals surface area contributed by atoms with Gasteiger partial charge >= 0.3 is 0 Å². The topological polar surface area (TPSA) is 0 Å². The van der Waals surface area contributed by atoms with Gasteiger partial charge in [-0.15, -0.1) is 0 Å². The van der Waals surface area contributed by atoms with Gasteiger partial charge in [0, 0.05) is 0 Å². The molecule has 0 spiro atoms. The van der Waals surface area contributed by atoms with Gasteiger partial charge in [-0.25, -0.2) is 0 Å². The molecule has 0 fully saturated rings. The average Bonchev–Trinajstić information content (AvgIpc) is 3.70. The van der Waals surface area contributed by atoms with E-state index in [2.05, 4.69) is 291 Å². The molecule has 0 bridgehead atoms. The maximum atomic E-state index is 2.51. The summed E-state index contributed by atoms with van der Waals surface area (Å²) >= 11 is 0. The Morgan fingerprint density at radius 3 is 1.02 bits per heavy atom. The van der Waals surface area contributed by atoms with Crippen molar-refractivity contribution in [3.05, 3.63) is 291 Å². The lowest BCUT2D eigenvalue weighted by molar-refractivity contribution is 1.63. The van der Waals surface area contributed by atoms with Gasteiger partial charge in [0.15, 0.2) is 0 Å². The van der Waals surface area contributed by atoms with Gasteiger partial charge in [-0.1, -0.05) is 261 Å². The van der Waals surface area contributed by atoms with E-state index < -0.39 is 0 Å². The molecular formula is C80H48. The smallest absolute Gasteiger partial charge is 0.00199 e.